The van der Waals surface area contributed by atoms with E-state index in [4.69, 9.17) is 28.4 Å². The maximum atomic E-state index is 15.2. The number of nitrogens with zero attached hydrogens (tertiary/aromatic N) is 4. The van der Waals surface area contributed by atoms with Crippen molar-refractivity contribution in [1.82, 2.24) is 24.8 Å². The molecule has 0 bridgehead atoms. The molecule has 1 atom stereocenters. The van der Waals surface area contributed by atoms with E-state index in [1.807, 2.05) is 4.57 Å². The molecule has 2 aliphatic rings. The van der Waals surface area contributed by atoms with Crippen LogP contribution in [-0.2, 0) is 35.6 Å². The zero-order valence-corrected chi connectivity index (χ0v) is 31.0. The summed E-state index contributed by atoms with van der Waals surface area (Å²) in [6.45, 7) is 3.12. The standard InChI is InChI=1S/C40H39F2N5O10/c1-46-30-8-9-43-23-29(30)35-32(46)21-27(36(41)37(35)42)24-2-7-34(44-22-24)57-19-17-55-15-13-53-11-10-52-12-14-54-16-18-56-25-3-4-26-28(20-25)40(51)47(39(26)50)31-5-6-33(48)45-38(31)49/h2-4,7-9,20-23,31H,5-6,10-19H2,1H3,(H,45,48,49). The highest BCUT2D eigenvalue weighted by atomic mass is 19.2. The van der Waals surface area contributed by atoms with E-state index < -0.39 is 41.3 Å². The van der Waals surface area contributed by atoms with Gasteiger partial charge in [0.15, 0.2) is 11.6 Å². The van der Waals surface area contributed by atoms with Crippen molar-refractivity contribution < 1.29 is 56.4 Å². The fraction of sp³-hybridized carbons (Fsp3) is 0.350. The molecule has 0 aliphatic carbocycles. The van der Waals surface area contributed by atoms with E-state index in [2.05, 4.69) is 15.3 Å². The van der Waals surface area contributed by atoms with Gasteiger partial charge in [-0.2, -0.15) is 0 Å². The Morgan fingerprint density at radius 3 is 2.05 bits per heavy atom. The summed E-state index contributed by atoms with van der Waals surface area (Å²) < 4.78 is 65.5. The van der Waals surface area contributed by atoms with Gasteiger partial charge in [-0.15, -0.1) is 0 Å². The second kappa shape index (κ2) is 17.9. The zero-order valence-electron chi connectivity index (χ0n) is 31.0. The number of imide groups is 2. The molecule has 0 radical (unpaired) electrons. The Balaban J connectivity index is 0.709. The molecule has 0 spiro atoms. The van der Waals surface area contributed by atoms with Gasteiger partial charge in [-0.05, 0) is 42.8 Å². The first-order valence-electron chi connectivity index (χ1n) is 18.3. The number of aryl methyl sites for hydroxylation is 1. The molecule has 15 nitrogen and oxygen atoms in total. The van der Waals surface area contributed by atoms with Crippen LogP contribution >= 0.6 is 0 Å². The average molecular weight is 788 g/mol. The van der Waals surface area contributed by atoms with Crippen LogP contribution in [-0.4, -0.2) is 115 Å². The lowest BCUT2D eigenvalue weighted by atomic mass is 10.0. The van der Waals surface area contributed by atoms with Crippen molar-refractivity contribution >= 4 is 45.4 Å². The van der Waals surface area contributed by atoms with Crippen molar-refractivity contribution in [3.05, 3.63) is 83.8 Å². The number of hydrogen-bond donors (Lipinski definition) is 1. The summed E-state index contributed by atoms with van der Waals surface area (Å²) in [6, 6.07) is 10.1. The Labute approximate surface area is 324 Å². The summed E-state index contributed by atoms with van der Waals surface area (Å²) in [5, 5.41) is 2.91. The molecule has 1 fully saturated rings. The van der Waals surface area contributed by atoms with Crippen molar-refractivity contribution in [3.63, 3.8) is 0 Å². The van der Waals surface area contributed by atoms with Crippen LogP contribution in [0.5, 0.6) is 11.6 Å². The quantitative estimate of drug-likeness (QED) is 0.0945. The number of halogens is 2. The van der Waals surface area contributed by atoms with Crippen LogP contribution in [0.2, 0.25) is 0 Å². The molecule has 1 unspecified atom stereocenters. The number of nitrogens with one attached hydrogen (secondary N) is 1. The molecule has 0 saturated carbocycles. The Morgan fingerprint density at radius 1 is 0.719 bits per heavy atom. The summed E-state index contributed by atoms with van der Waals surface area (Å²) in [5.41, 5.74) is 2.13. The first kappa shape index (κ1) is 39.4. The third kappa shape index (κ3) is 8.61. The third-order valence-electron chi connectivity index (χ3n) is 9.52. The molecule has 17 heteroatoms. The number of amides is 4. The number of ether oxygens (including phenoxy) is 6. The lowest BCUT2D eigenvalue weighted by molar-refractivity contribution is -0.136. The molecule has 4 amide bonds. The molecular formula is C40H39F2N5O10. The normalized spacial score (nSPS) is 15.5. The summed E-state index contributed by atoms with van der Waals surface area (Å²) >= 11 is 0. The fourth-order valence-corrected chi connectivity index (χ4v) is 6.70. The number of fused-ring (bicyclic) bond motifs is 4. The van der Waals surface area contributed by atoms with Crippen LogP contribution in [0.25, 0.3) is 32.9 Å². The molecule has 5 aromatic rings. The molecule has 298 valence electrons. The van der Waals surface area contributed by atoms with Crippen molar-refractivity contribution in [3.8, 4) is 22.8 Å². The van der Waals surface area contributed by atoms with Crippen LogP contribution in [0, 0.1) is 11.6 Å². The first-order valence-corrected chi connectivity index (χ1v) is 18.3. The maximum Gasteiger partial charge on any atom is 0.262 e. The van der Waals surface area contributed by atoms with Crippen molar-refractivity contribution in [2.75, 3.05) is 66.1 Å². The molecule has 5 heterocycles. The highest BCUT2D eigenvalue weighted by Crippen LogP contribution is 2.36. The summed E-state index contributed by atoms with van der Waals surface area (Å²) in [4.78, 5) is 58.7. The van der Waals surface area contributed by atoms with Gasteiger partial charge < -0.3 is 33.0 Å². The third-order valence-corrected chi connectivity index (χ3v) is 9.52. The Hall–Kier alpha value is -5.88. The van der Waals surface area contributed by atoms with E-state index >= 15 is 8.78 Å². The maximum absolute atomic E-state index is 15.2. The highest BCUT2D eigenvalue weighted by molar-refractivity contribution is 6.23. The molecule has 1 saturated heterocycles. The molecule has 2 aliphatic heterocycles. The first-order chi connectivity index (χ1) is 27.7. The van der Waals surface area contributed by atoms with Gasteiger partial charge in [0.2, 0.25) is 17.7 Å². The van der Waals surface area contributed by atoms with E-state index in [1.165, 1.54) is 24.5 Å². The number of piperidine rings is 1. The summed E-state index contributed by atoms with van der Waals surface area (Å²) in [7, 11) is 1.80. The second-order valence-corrected chi connectivity index (χ2v) is 13.1. The zero-order chi connectivity index (χ0) is 39.9. The lowest BCUT2D eigenvalue weighted by Crippen LogP contribution is -2.54. The SMILES string of the molecule is Cn1c2ccncc2c2c(F)c(F)c(-c3ccc(OCCOCCOCCOCCOCCOc4ccc5c(c4)C(=O)N(C4CCC(=O)NC4=O)C5=O)nc3)cc21. The van der Waals surface area contributed by atoms with Crippen LogP contribution in [0.4, 0.5) is 8.78 Å². The van der Waals surface area contributed by atoms with Gasteiger partial charge in [0.05, 0.1) is 75.0 Å². The fourth-order valence-electron chi connectivity index (χ4n) is 6.70. The van der Waals surface area contributed by atoms with Crippen LogP contribution in [0.1, 0.15) is 33.6 Å². The van der Waals surface area contributed by atoms with Gasteiger partial charge in [-0.25, -0.2) is 13.8 Å². The summed E-state index contributed by atoms with van der Waals surface area (Å²) in [6.07, 6.45) is 4.72. The number of hydrogen-bond acceptors (Lipinski definition) is 12. The predicted octanol–water partition coefficient (Wildman–Crippen LogP) is 3.99. The highest BCUT2D eigenvalue weighted by Gasteiger charge is 2.44. The number of carbonyl (C=O) groups excluding carboxylic acids is 4. The van der Waals surface area contributed by atoms with Gasteiger partial charge in [0.25, 0.3) is 11.8 Å². The number of carbonyl (C=O) groups is 4. The smallest absolute Gasteiger partial charge is 0.262 e. The summed E-state index contributed by atoms with van der Waals surface area (Å²) in [5.74, 6) is -3.46. The van der Waals surface area contributed by atoms with Gasteiger partial charge >= 0.3 is 0 Å². The molecule has 3 aromatic heterocycles. The van der Waals surface area contributed by atoms with Crippen molar-refractivity contribution in [2.45, 2.75) is 18.9 Å². The monoisotopic (exact) mass is 787 g/mol. The topological polar surface area (TPSA) is 170 Å². The van der Waals surface area contributed by atoms with Crippen LogP contribution in [0.3, 0.4) is 0 Å². The number of aromatic nitrogens is 3. The molecular weight excluding hydrogens is 748 g/mol. The van der Waals surface area contributed by atoms with Gasteiger partial charge in [-0.3, -0.25) is 34.4 Å². The second-order valence-electron chi connectivity index (χ2n) is 13.1. The van der Waals surface area contributed by atoms with Crippen molar-refractivity contribution in [2.24, 2.45) is 7.05 Å². The predicted molar refractivity (Wildman–Crippen MR) is 199 cm³/mol. The van der Waals surface area contributed by atoms with E-state index in [0.717, 1.165) is 10.4 Å². The minimum atomic E-state index is -1.03. The van der Waals surface area contributed by atoms with Crippen molar-refractivity contribution in [1.29, 1.82) is 0 Å². The molecule has 1 N–H and O–H groups in total. The Kier molecular flexibility index (Phi) is 12.4. The molecule has 2 aromatic carbocycles. The van der Waals surface area contributed by atoms with Gasteiger partial charge in [0.1, 0.15) is 25.0 Å². The largest absolute Gasteiger partial charge is 0.491 e. The van der Waals surface area contributed by atoms with Gasteiger partial charge in [0, 0.05) is 60.0 Å². The van der Waals surface area contributed by atoms with Gasteiger partial charge in [-0.1, -0.05) is 0 Å². The minimum absolute atomic E-state index is 0.0492. The van der Waals surface area contributed by atoms with E-state index in [0.29, 0.717) is 74.3 Å². The Morgan fingerprint density at radius 2 is 1.39 bits per heavy atom. The van der Waals surface area contributed by atoms with Crippen LogP contribution in [0.15, 0.2) is 61.1 Å². The van der Waals surface area contributed by atoms with Crippen LogP contribution < -0.4 is 14.8 Å². The average Bonchev–Trinajstić information content (AvgIpc) is 3.64. The molecule has 57 heavy (non-hydrogen) atoms. The van der Waals surface area contributed by atoms with E-state index in [9.17, 15) is 19.2 Å². The molecule has 7 rings (SSSR count). The Bertz CT molecular complexity index is 2300. The number of rotatable bonds is 19. The lowest BCUT2D eigenvalue weighted by Gasteiger charge is -2.27. The number of pyridine rings is 2. The van der Waals surface area contributed by atoms with E-state index in [1.54, 1.807) is 43.6 Å². The minimum Gasteiger partial charge on any atom is -0.491 e. The number of benzene rings is 2. The van der Waals surface area contributed by atoms with E-state index in [-0.39, 0.29) is 54.7 Å².